The van der Waals surface area contributed by atoms with Crippen LogP contribution in [-0.4, -0.2) is 31.6 Å². The Morgan fingerprint density at radius 1 is 1.43 bits per heavy atom. The van der Waals surface area contributed by atoms with Crippen LogP contribution in [0.4, 0.5) is 0 Å². The number of rotatable bonds is 1. The molecular weight excluding hydrogens is 90.1 g/mol. The second-order valence-corrected chi connectivity index (χ2v) is 2.36. The maximum atomic E-state index is 9.62. The van der Waals surface area contributed by atoms with E-state index in [2.05, 4.69) is 0 Å². The molecule has 0 aromatic heterocycles. The molecule has 40 valence electrons. The van der Waals surface area contributed by atoms with Gasteiger partial charge in [0.2, 0.25) is 0 Å². The highest BCUT2D eigenvalue weighted by atomic mass is 16.1. The maximum Gasteiger partial charge on any atom is 0.183 e. The van der Waals surface area contributed by atoms with Crippen LogP contribution in [0.25, 0.3) is 0 Å². The fourth-order valence-electron chi connectivity index (χ4n) is 0.158. The Labute approximate surface area is 43.6 Å². The van der Waals surface area contributed by atoms with Gasteiger partial charge in [-0.2, -0.15) is 0 Å². The molecule has 7 heavy (non-hydrogen) atoms. The van der Waals surface area contributed by atoms with E-state index < -0.39 is 0 Å². The van der Waals surface area contributed by atoms with Gasteiger partial charge in [-0.15, -0.1) is 0 Å². The van der Waals surface area contributed by atoms with Crippen LogP contribution in [0.15, 0.2) is 6.20 Å². The van der Waals surface area contributed by atoms with E-state index in [1.165, 1.54) is 6.20 Å². The lowest BCUT2D eigenvalue weighted by Gasteiger charge is -2.13. The molecule has 0 aromatic rings. The summed E-state index contributed by atoms with van der Waals surface area (Å²) in [6, 6.07) is 0. The van der Waals surface area contributed by atoms with Crippen molar-refractivity contribution in [3.63, 3.8) is 0 Å². The maximum absolute atomic E-state index is 9.62. The van der Waals surface area contributed by atoms with Gasteiger partial charge >= 0.3 is 0 Å². The standard InChI is InChI=1S/C5H10NO/c1-6(2,3)4-5-7/h4H,1-3H3/q+1. The Morgan fingerprint density at radius 2 is 1.86 bits per heavy atom. The zero-order valence-corrected chi connectivity index (χ0v) is 4.93. The summed E-state index contributed by atoms with van der Waals surface area (Å²) < 4.78 is 0.545. The van der Waals surface area contributed by atoms with Crippen molar-refractivity contribution >= 4 is 5.94 Å². The lowest BCUT2D eigenvalue weighted by molar-refractivity contribution is -0.815. The molecule has 0 saturated heterocycles. The highest BCUT2D eigenvalue weighted by molar-refractivity contribution is 5.42. The van der Waals surface area contributed by atoms with Gasteiger partial charge in [-0.25, -0.2) is 4.79 Å². The monoisotopic (exact) mass is 100 g/mol. The van der Waals surface area contributed by atoms with Crippen LogP contribution in [0.3, 0.4) is 0 Å². The zero-order valence-electron chi connectivity index (χ0n) is 4.93. The molecule has 0 aromatic carbocycles. The van der Waals surface area contributed by atoms with Gasteiger partial charge < -0.3 is 0 Å². The number of quaternary nitrogens is 1. The van der Waals surface area contributed by atoms with Crippen LogP contribution in [0.5, 0.6) is 0 Å². The average molecular weight is 100 g/mol. The number of hydrogen-bond acceptors (Lipinski definition) is 1. The van der Waals surface area contributed by atoms with Gasteiger partial charge in [-0.05, 0) is 0 Å². The Kier molecular flexibility index (Phi) is 1.75. The van der Waals surface area contributed by atoms with E-state index in [9.17, 15) is 4.79 Å². The van der Waals surface area contributed by atoms with Crippen molar-refractivity contribution in [2.75, 3.05) is 21.1 Å². The number of nitrogens with zero attached hydrogens (tertiary/aromatic N) is 1. The summed E-state index contributed by atoms with van der Waals surface area (Å²) in [4.78, 5) is 9.62. The van der Waals surface area contributed by atoms with Crippen LogP contribution in [0.1, 0.15) is 0 Å². The molecule has 2 nitrogen and oxygen atoms in total. The molecular formula is C5H10NO+. The van der Waals surface area contributed by atoms with Crippen molar-refractivity contribution in [3.05, 3.63) is 6.20 Å². The fraction of sp³-hybridized carbons (Fsp3) is 0.600. The molecule has 0 spiro atoms. The second kappa shape index (κ2) is 1.92. The van der Waals surface area contributed by atoms with E-state index in [1.54, 1.807) is 5.94 Å². The average Bonchev–Trinajstić information content (AvgIpc) is 1.30. The largest absolute Gasteiger partial charge is 0.295 e. The third-order valence-corrected chi connectivity index (χ3v) is 0.440. The van der Waals surface area contributed by atoms with Crippen LogP contribution in [-0.2, 0) is 4.79 Å². The Morgan fingerprint density at radius 3 is 1.86 bits per heavy atom. The third kappa shape index (κ3) is 5.41. The van der Waals surface area contributed by atoms with E-state index >= 15 is 0 Å². The van der Waals surface area contributed by atoms with Crippen molar-refractivity contribution in [2.24, 2.45) is 0 Å². The summed E-state index contributed by atoms with van der Waals surface area (Å²) in [5.74, 6) is 1.70. The quantitative estimate of drug-likeness (QED) is 0.336. The van der Waals surface area contributed by atoms with E-state index in [4.69, 9.17) is 0 Å². The normalized spacial score (nSPS) is 10.1. The van der Waals surface area contributed by atoms with Gasteiger partial charge in [0.1, 0.15) is 0 Å². The molecule has 0 amide bonds. The van der Waals surface area contributed by atoms with Crippen molar-refractivity contribution in [1.29, 1.82) is 0 Å². The van der Waals surface area contributed by atoms with Gasteiger partial charge in [0.25, 0.3) is 0 Å². The second-order valence-electron chi connectivity index (χ2n) is 2.36. The first-order chi connectivity index (χ1) is 3.06. The molecule has 0 radical (unpaired) electrons. The number of hydrogen-bond donors (Lipinski definition) is 0. The summed E-state index contributed by atoms with van der Waals surface area (Å²) in [6.45, 7) is 0. The Balaban J connectivity index is 3.80. The van der Waals surface area contributed by atoms with E-state index in [0.717, 1.165) is 0 Å². The van der Waals surface area contributed by atoms with Crippen LogP contribution < -0.4 is 0 Å². The lowest BCUT2D eigenvalue weighted by atomic mass is 10.7. The number of carbonyl (C=O) groups excluding carboxylic acids is 1. The van der Waals surface area contributed by atoms with E-state index in [0.29, 0.717) is 4.48 Å². The molecule has 0 aliphatic carbocycles. The summed E-state index contributed by atoms with van der Waals surface area (Å²) in [7, 11) is 5.68. The molecule has 2 heteroatoms. The molecule has 0 rings (SSSR count). The fourth-order valence-corrected chi connectivity index (χ4v) is 0.158. The van der Waals surface area contributed by atoms with E-state index in [-0.39, 0.29) is 0 Å². The van der Waals surface area contributed by atoms with Crippen LogP contribution in [0.2, 0.25) is 0 Å². The SMILES string of the molecule is C[N+](C)(C)C=C=O. The van der Waals surface area contributed by atoms with Gasteiger partial charge in [0.05, 0.1) is 21.1 Å². The highest BCUT2D eigenvalue weighted by Gasteiger charge is 1.97. The molecule has 0 unspecified atom stereocenters. The summed E-state index contributed by atoms with van der Waals surface area (Å²) in [5, 5.41) is 0. The van der Waals surface area contributed by atoms with Crippen molar-refractivity contribution < 1.29 is 9.28 Å². The van der Waals surface area contributed by atoms with Crippen molar-refractivity contribution in [2.45, 2.75) is 0 Å². The van der Waals surface area contributed by atoms with Crippen molar-refractivity contribution in [3.8, 4) is 0 Å². The minimum absolute atomic E-state index is 0.545. The van der Waals surface area contributed by atoms with Crippen LogP contribution >= 0.6 is 0 Å². The van der Waals surface area contributed by atoms with E-state index in [1.807, 2.05) is 21.1 Å². The van der Waals surface area contributed by atoms with Crippen molar-refractivity contribution in [1.82, 2.24) is 0 Å². The molecule has 0 aliphatic rings. The lowest BCUT2D eigenvalue weighted by Crippen LogP contribution is -2.26. The van der Waals surface area contributed by atoms with Gasteiger partial charge in [0.15, 0.2) is 12.1 Å². The van der Waals surface area contributed by atoms with Gasteiger partial charge in [0, 0.05) is 0 Å². The van der Waals surface area contributed by atoms with Crippen LogP contribution in [0, 0.1) is 0 Å². The molecule has 0 saturated carbocycles. The molecule has 0 aliphatic heterocycles. The summed E-state index contributed by atoms with van der Waals surface area (Å²) >= 11 is 0. The minimum Gasteiger partial charge on any atom is -0.295 e. The highest BCUT2D eigenvalue weighted by Crippen LogP contribution is 1.84. The molecule has 0 bridgehead atoms. The predicted molar refractivity (Wildman–Crippen MR) is 28.3 cm³/mol. The first kappa shape index (κ1) is 6.41. The Hall–Kier alpha value is -0.590. The first-order valence-corrected chi connectivity index (χ1v) is 2.09. The van der Waals surface area contributed by atoms with Gasteiger partial charge in [-0.3, -0.25) is 4.48 Å². The minimum atomic E-state index is 0.545. The summed E-state index contributed by atoms with van der Waals surface area (Å²) in [6.07, 6.45) is 1.44. The third-order valence-electron chi connectivity index (χ3n) is 0.440. The smallest absolute Gasteiger partial charge is 0.183 e. The molecule has 0 N–H and O–H groups in total. The van der Waals surface area contributed by atoms with Gasteiger partial charge in [-0.1, -0.05) is 0 Å². The predicted octanol–water partition coefficient (Wildman–Crippen LogP) is 0.0379. The Bertz CT molecular complexity index is 95.1. The summed E-state index contributed by atoms with van der Waals surface area (Å²) in [5.41, 5.74) is 0. The topological polar surface area (TPSA) is 17.1 Å². The molecule has 0 heterocycles. The molecule has 0 fully saturated rings. The first-order valence-electron chi connectivity index (χ1n) is 2.09. The zero-order chi connectivity index (χ0) is 5.91. The molecule has 0 atom stereocenters.